The highest BCUT2D eigenvalue weighted by Gasteiger charge is 2.25. The number of benzene rings is 2. The Bertz CT molecular complexity index is 1150. The molecule has 30 heavy (non-hydrogen) atoms. The van der Waals surface area contributed by atoms with E-state index in [9.17, 15) is 4.79 Å². The predicted molar refractivity (Wildman–Crippen MR) is 115 cm³/mol. The Labute approximate surface area is 177 Å². The van der Waals surface area contributed by atoms with E-state index in [0.29, 0.717) is 29.9 Å². The normalized spacial score (nSPS) is 15.0. The molecule has 5 rings (SSSR count). The molecule has 2 aromatic carbocycles. The summed E-state index contributed by atoms with van der Waals surface area (Å²) >= 11 is 1.33. The van der Waals surface area contributed by atoms with Crippen LogP contribution in [0.5, 0.6) is 5.88 Å². The van der Waals surface area contributed by atoms with Crippen LogP contribution in [-0.2, 0) is 4.79 Å². The van der Waals surface area contributed by atoms with E-state index in [1.165, 1.54) is 11.8 Å². The van der Waals surface area contributed by atoms with Crippen LogP contribution in [0.25, 0.3) is 21.9 Å². The molecule has 3 heterocycles. The minimum Gasteiger partial charge on any atom is -0.473 e. The van der Waals surface area contributed by atoms with Crippen molar-refractivity contribution in [1.82, 2.24) is 20.1 Å². The van der Waals surface area contributed by atoms with Crippen molar-refractivity contribution in [2.75, 3.05) is 18.8 Å². The maximum absolute atomic E-state index is 12.6. The average Bonchev–Trinajstić information content (AvgIpc) is 3.21. The number of oxazole rings is 1. The molecule has 0 aliphatic carbocycles. The molecule has 0 saturated carbocycles. The van der Waals surface area contributed by atoms with Crippen LogP contribution in [0.1, 0.15) is 12.8 Å². The highest BCUT2D eigenvalue weighted by Crippen LogP contribution is 2.26. The molecule has 0 atom stereocenters. The number of aromatic nitrogens is 3. The fraction of sp³-hybridized carbons (Fsp3) is 0.273. The van der Waals surface area contributed by atoms with E-state index in [1.54, 1.807) is 6.20 Å². The zero-order chi connectivity index (χ0) is 20.3. The summed E-state index contributed by atoms with van der Waals surface area (Å²) in [7, 11) is 0. The lowest BCUT2D eigenvalue weighted by molar-refractivity contribution is -0.130. The molecule has 152 valence electrons. The molecular weight excluding hydrogens is 400 g/mol. The van der Waals surface area contributed by atoms with Crippen molar-refractivity contribution >= 4 is 39.5 Å². The summed E-state index contributed by atoms with van der Waals surface area (Å²) in [6.07, 6.45) is 3.30. The number of nitrogens with zero attached hydrogens (tertiary/aromatic N) is 4. The number of carbonyl (C=O) groups is 1. The molecule has 1 fully saturated rings. The summed E-state index contributed by atoms with van der Waals surface area (Å²) in [6, 6.07) is 15.5. The molecule has 7 nitrogen and oxygen atoms in total. The molecule has 2 aromatic heterocycles. The molecule has 1 aliphatic rings. The lowest BCUT2D eigenvalue weighted by atomic mass is 10.1. The topological polar surface area (TPSA) is 81.4 Å². The fourth-order valence-electron chi connectivity index (χ4n) is 3.60. The van der Waals surface area contributed by atoms with Crippen LogP contribution in [0.2, 0.25) is 0 Å². The van der Waals surface area contributed by atoms with Gasteiger partial charge in [0.15, 0.2) is 5.58 Å². The van der Waals surface area contributed by atoms with E-state index in [-0.39, 0.29) is 12.0 Å². The number of ether oxygens (including phenoxy) is 1. The largest absolute Gasteiger partial charge is 0.473 e. The van der Waals surface area contributed by atoms with Gasteiger partial charge in [-0.1, -0.05) is 42.1 Å². The highest BCUT2D eigenvalue weighted by atomic mass is 32.2. The number of carbonyl (C=O) groups excluding carboxylic acids is 1. The molecular formula is C22H20N4O3S. The summed E-state index contributed by atoms with van der Waals surface area (Å²) in [5.74, 6) is 0.961. The van der Waals surface area contributed by atoms with Gasteiger partial charge in [0.05, 0.1) is 11.9 Å². The smallest absolute Gasteiger partial charge is 0.257 e. The van der Waals surface area contributed by atoms with Gasteiger partial charge in [0.1, 0.15) is 11.6 Å². The summed E-state index contributed by atoms with van der Waals surface area (Å²) in [5.41, 5.74) is 1.55. The molecule has 8 heteroatoms. The fourth-order valence-corrected chi connectivity index (χ4v) is 4.34. The Hall–Kier alpha value is -3.13. The monoisotopic (exact) mass is 420 g/mol. The quantitative estimate of drug-likeness (QED) is 0.453. The Morgan fingerprint density at radius 2 is 1.93 bits per heavy atom. The maximum Gasteiger partial charge on any atom is 0.257 e. The van der Waals surface area contributed by atoms with Gasteiger partial charge in [-0.05, 0) is 18.2 Å². The number of para-hydroxylation sites is 2. The molecule has 1 amide bonds. The van der Waals surface area contributed by atoms with E-state index in [4.69, 9.17) is 9.15 Å². The highest BCUT2D eigenvalue weighted by molar-refractivity contribution is 7.99. The van der Waals surface area contributed by atoms with Crippen LogP contribution < -0.4 is 4.74 Å². The van der Waals surface area contributed by atoms with E-state index in [0.717, 1.165) is 34.7 Å². The van der Waals surface area contributed by atoms with Crippen molar-refractivity contribution in [3.63, 3.8) is 0 Å². The van der Waals surface area contributed by atoms with Crippen LogP contribution in [0.4, 0.5) is 0 Å². The molecule has 0 unspecified atom stereocenters. The molecule has 0 N–H and O–H groups in total. The first kappa shape index (κ1) is 18.9. The Kier molecular flexibility index (Phi) is 5.23. The van der Waals surface area contributed by atoms with Crippen LogP contribution in [0.15, 0.2) is 64.4 Å². The number of fused-ring (bicyclic) bond motifs is 2. The lowest BCUT2D eigenvalue weighted by Gasteiger charge is -2.31. The minimum absolute atomic E-state index is 0.0267. The number of piperidine rings is 1. The van der Waals surface area contributed by atoms with Crippen LogP contribution >= 0.6 is 11.8 Å². The standard InChI is InChI=1S/C22H20N4O3S/c27-20(14-30-22-24-18-7-3-4-8-19(18)29-22)26-11-9-16(10-12-26)28-21-17-6-2-1-5-15(17)13-23-25-21/h1-8,13,16H,9-12,14H2. The van der Waals surface area contributed by atoms with Gasteiger partial charge in [0.2, 0.25) is 11.8 Å². The number of hydrogen-bond acceptors (Lipinski definition) is 7. The van der Waals surface area contributed by atoms with Crippen LogP contribution in [-0.4, -0.2) is 50.9 Å². The van der Waals surface area contributed by atoms with Gasteiger partial charge in [-0.2, -0.15) is 5.10 Å². The zero-order valence-corrected chi connectivity index (χ0v) is 17.0. The predicted octanol–water partition coefficient (Wildman–Crippen LogP) is 3.93. The van der Waals surface area contributed by atoms with E-state index < -0.39 is 0 Å². The van der Waals surface area contributed by atoms with Gasteiger partial charge in [0, 0.05) is 36.7 Å². The third-order valence-electron chi connectivity index (χ3n) is 5.20. The number of amides is 1. The molecule has 1 aliphatic heterocycles. The average molecular weight is 420 g/mol. The van der Waals surface area contributed by atoms with Crippen molar-refractivity contribution < 1.29 is 13.9 Å². The van der Waals surface area contributed by atoms with Gasteiger partial charge in [-0.25, -0.2) is 4.98 Å². The van der Waals surface area contributed by atoms with Crippen molar-refractivity contribution in [1.29, 1.82) is 0 Å². The van der Waals surface area contributed by atoms with Gasteiger partial charge in [-0.15, -0.1) is 5.10 Å². The number of rotatable bonds is 5. The zero-order valence-electron chi connectivity index (χ0n) is 16.2. The van der Waals surface area contributed by atoms with Crippen molar-refractivity contribution in [2.24, 2.45) is 0 Å². The molecule has 4 aromatic rings. The second kappa shape index (κ2) is 8.31. The van der Waals surface area contributed by atoms with Gasteiger partial charge in [-0.3, -0.25) is 4.79 Å². The molecule has 0 spiro atoms. The van der Waals surface area contributed by atoms with Crippen molar-refractivity contribution in [3.8, 4) is 5.88 Å². The van der Waals surface area contributed by atoms with Gasteiger partial charge in [0.25, 0.3) is 5.22 Å². The molecule has 0 radical (unpaired) electrons. The Morgan fingerprint density at radius 1 is 1.13 bits per heavy atom. The van der Waals surface area contributed by atoms with E-state index >= 15 is 0 Å². The second-order valence-electron chi connectivity index (χ2n) is 7.17. The van der Waals surface area contributed by atoms with Crippen LogP contribution in [0, 0.1) is 0 Å². The van der Waals surface area contributed by atoms with Crippen molar-refractivity contribution in [3.05, 3.63) is 54.7 Å². The first-order valence-corrected chi connectivity index (χ1v) is 10.9. The third-order valence-corrected chi connectivity index (χ3v) is 6.02. The maximum atomic E-state index is 12.6. The van der Waals surface area contributed by atoms with Crippen molar-refractivity contribution in [2.45, 2.75) is 24.2 Å². The number of hydrogen-bond donors (Lipinski definition) is 0. The summed E-state index contributed by atoms with van der Waals surface area (Å²) in [4.78, 5) is 18.9. The van der Waals surface area contributed by atoms with E-state index in [1.807, 2.05) is 53.4 Å². The molecule has 1 saturated heterocycles. The summed E-state index contributed by atoms with van der Waals surface area (Å²) in [6.45, 7) is 1.33. The van der Waals surface area contributed by atoms with Gasteiger partial charge < -0.3 is 14.1 Å². The Morgan fingerprint density at radius 3 is 2.80 bits per heavy atom. The minimum atomic E-state index is 0.0267. The summed E-state index contributed by atoms with van der Waals surface area (Å²) < 4.78 is 11.8. The van der Waals surface area contributed by atoms with Crippen LogP contribution in [0.3, 0.4) is 0 Å². The number of thioether (sulfide) groups is 1. The summed E-state index contributed by atoms with van der Waals surface area (Å²) in [5, 5.41) is 10.7. The number of likely N-dealkylation sites (tertiary alicyclic amines) is 1. The van der Waals surface area contributed by atoms with E-state index in [2.05, 4.69) is 15.2 Å². The second-order valence-corrected chi connectivity index (χ2v) is 8.10. The van der Waals surface area contributed by atoms with Gasteiger partial charge >= 0.3 is 0 Å². The SMILES string of the molecule is O=C(CSc1nc2ccccc2o1)N1CCC(Oc2nncc3ccccc23)CC1. The molecule has 0 bridgehead atoms. The first-order valence-electron chi connectivity index (χ1n) is 9.89. The lowest BCUT2D eigenvalue weighted by Crippen LogP contribution is -2.42. The third kappa shape index (κ3) is 3.95. The first-order chi connectivity index (χ1) is 14.8. The Balaban J connectivity index is 1.15.